The molecule has 1 aliphatic rings. The molecule has 0 aliphatic heterocycles. The molecule has 0 radical (unpaired) electrons. The van der Waals surface area contributed by atoms with Crippen molar-refractivity contribution in [2.75, 3.05) is 0 Å². The molecule has 1 heterocycles. The molecule has 2 heteroatoms. The fourth-order valence-electron chi connectivity index (χ4n) is 3.58. The average Bonchev–Trinajstić information content (AvgIpc) is 2.48. The van der Waals surface area contributed by atoms with Crippen molar-refractivity contribution in [2.24, 2.45) is 5.92 Å². The van der Waals surface area contributed by atoms with Crippen LogP contribution in [0.1, 0.15) is 55.8 Å². The molecule has 1 saturated carbocycles. The Morgan fingerprint density at radius 3 is 2.65 bits per heavy atom. The van der Waals surface area contributed by atoms with Crippen molar-refractivity contribution in [3.8, 4) is 0 Å². The van der Waals surface area contributed by atoms with Crippen LogP contribution in [0.15, 0.2) is 18.5 Å². The van der Waals surface area contributed by atoms with Crippen LogP contribution in [-0.2, 0) is 12.8 Å². The van der Waals surface area contributed by atoms with E-state index in [4.69, 9.17) is 0 Å². The molecule has 0 bridgehead atoms. The van der Waals surface area contributed by atoms with Gasteiger partial charge in [-0.05, 0) is 42.9 Å². The molecule has 2 nitrogen and oxygen atoms in total. The summed E-state index contributed by atoms with van der Waals surface area (Å²) < 4.78 is 0. The van der Waals surface area contributed by atoms with Crippen molar-refractivity contribution in [3.05, 3.63) is 35.3 Å². The van der Waals surface area contributed by atoms with Crippen LogP contribution in [-0.4, -0.2) is 9.97 Å². The molecule has 20 heavy (non-hydrogen) atoms. The summed E-state index contributed by atoms with van der Waals surface area (Å²) >= 11 is 0. The smallest absolute Gasteiger partial charge is 0.116 e. The predicted molar refractivity (Wildman–Crippen MR) is 83.9 cm³/mol. The molecule has 1 fully saturated rings. The number of hydrogen-bond donors (Lipinski definition) is 0. The van der Waals surface area contributed by atoms with Crippen molar-refractivity contribution in [2.45, 2.75) is 58.8 Å². The highest BCUT2D eigenvalue weighted by Crippen LogP contribution is 2.30. The number of fused-ring (bicyclic) bond motifs is 1. The van der Waals surface area contributed by atoms with Gasteiger partial charge in [-0.2, -0.15) is 0 Å². The lowest BCUT2D eigenvalue weighted by Crippen LogP contribution is -2.10. The second-order valence-electron chi connectivity index (χ2n) is 6.17. The van der Waals surface area contributed by atoms with Crippen LogP contribution >= 0.6 is 0 Å². The van der Waals surface area contributed by atoms with Gasteiger partial charge in [0.15, 0.2) is 0 Å². The van der Waals surface area contributed by atoms with E-state index in [1.54, 1.807) is 6.33 Å². The molecule has 2 aromatic rings. The Labute approximate surface area is 121 Å². The molecule has 1 aliphatic carbocycles. The lowest BCUT2D eigenvalue weighted by atomic mass is 9.83. The predicted octanol–water partition coefficient (Wildman–Crippen LogP) is 4.62. The zero-order valence-corrected chi connectivity index (χ0v) is 12.7. The third kappa shape index (κ3) is 2.70. The van der Waals surface area contributed by atoms with Gasteiger partial charge in [0.1, 0.15) is 6.33 Å². The van der Waals surface area contributed by atoms with E-state index < -0.39 is 0 Å². The number of rotatable bonds is 3. The third-order valence-corrected chi connectivity index (χ3v) is 4.71. The van der Waals surface area contributed by atoms with Gasteiger partial charge < -0.3 is 0 Å². The zero-order valence-electron chi connectivity index (χ0n) is 12.7. The third-order valence-electron chi connectivity index (χ3n) is 4.71. The van der Waals surface area contributed by atoms with Gasteiger partial charge in [-0.15, -0.1) is 0 Å². The molecular weight excluding hydrogens is 244 g/mol. The summed E-state index contributed by atoms with van der Waals surface area (Å²) in [6, 6.07) is 4.63. The molecular formula is C18H24N2. The molecule has 0 atom stereocenters. The van der Waals surface area contributed by atoms with Gasteiger partial charge in [-0.1, -0.05) is 45.1 Å². The summed E-state index contributed by atoms with van der Waals surface area (Å²) in [6.45, 7) is 4.33. The van der Waals surface area contributed by atoms with E-state index in [-0.39, 0.29) is 0 Å². The fourth-order valence-corrected chi connectivity index (χ4v) is 3.58. The summed E-state index contributed by atoms with van der Waals surface area (Å²) in [5.41, 5.74) is 5.14. The SMILES string of the molecule is CCc1cc(CC2CCCCC2)c2c(C)ncnc2c1. The summed E-state index contributed by atoms with van der Waals surface area (Å²) in [6.07, 6.45) is 11.0. The Bertz CT molecular complexity index is 598. The van der Waals surface area contributed by atoms with Crippen molar-refractivity contribution < 1.29 is 0 Å². The van der Waals surface area contributed by atoms with Gasteiger partial charge in [0.2, 0.25) is 0 Å². The Hall–Kier alpha value is -1.44. The van der Waals surface area contributed by atoms with Crippen LogP contribution in [0.25, 0.3) is 10.9 Å². The molecule has 0 amide bonds. The molecule has 0 N–H and O–H groups in total. The highest BCUT2D eigenvalue weighted by atomic mass is 14.8. The molecule has 106 valence electrons. The Balaban J connectivity index is 2.02. The van der Waals surface area contributed by atoms with Gasteiger partial charge in [0.05, 0.1) is 5.52 Å². The fraction of sp³-hybridized carbons (Fsp3) is 0.556. The summed E-state index contributed by atoms with van der Waals surface area (Å²) in [7, 11) is 0. The lowest BCUT2D eigenvalue weighted by Gasteiger charge is -2.22. The standard InChI is InChI=1S/C18H24N2/c1-3-14-9-16(10-15-7-5-4-6-8-15)18-13(2)19-12-20-17(18)11-14/h9,11-12,15H,3-8,10H2,1-2H3. The number of benzene rings is 1. The van der Waals surface area contributed by atoms with Gasteiger partial charge in [0.25, 0.3) is 0 Å². The number of nitrogens with zero attached hydrogens (tertiary/aromatic N) is 2. The molecule has 3 rings (SSSR count). The van der Waals surface area contributed by atoms with E-state index in [0.29, 0.717) is 0 Å². The van der Waals surface area contributed by atoms with E-state index in [2.05, 4.69) is 35.9 Å². The van der Waals surface area contributed by atoms with Gasteiger partial charge >= 0.3 is 0 Å². The van der Waals surface area contributed by atoms with Crippen LogP contribution in [0.3, 0.4) is 0 Å². The molecule has 1 aromatic heterocycles. The highest BCUT2D eigenvalue weighted by Gasteiger charge is 2.17. The molecule has 0 spiro atoms. The van der Waals surface area contributed by atoms with Gasteiger partial charge in [-0.3, -0.25) is 0 Å². The van der Waals surface area contributed by atoms with Crippen LogP contribution in [0.5, 0.6) is 0 Å². The van der Waals surface area contributed by atoms with E-state index in [1.807, 2.05) is 0 Å². The summed E-state index contributed by atoms with van der Waals surface area (Å²) in [4.78, 5) is 8.90. The van der Waals surface area contributed by atoms with E-state index in [1.165, 1.54) is 55.0 Å². The van der Waals surface area contributed by atoms with Crippen LogP contribution in [0.4, 0.5) is 0 Å². The Morgan fingerprint density at radius 1 is 1.10 bits per heavy atom. The number of hydrogen-bond acceptors (Lipinski definition) is 2. The minimum absolute atomic E-state index is 0.860. The zero-order chi connectivity index (χ0) is 13.9. The molecule has 0 unspecified atom stereocenters. The highest BCUT2D eigenvalue weighted by molar-refractivity contribution is 5.85. The second kappa shape index (κ2) is 5.90. The maximum atomic E-state index is 4.49. The van der Waals surface area contributed by atoms with Crippen LogP contribution < -0.4 is 0 Å². The van der Waals surface area contributed by atoms with Crippen LogP contribution in [0.2, 0.25) is 0 Å². The first-order chi connectivity index (χ1) is 9.78. The molecule has 1 aromatic carbocycles. The second-order valence-corrected chi connectivity index (χ2v) is 6.17. The lowest BCUT2D eigenvalue weighted by molar-refractivity contribution is 0.357. The topological polar surface area (TPSA) is 25.8 Å². The molecule has 0 saturated heterocycles. The minimum Gasteiger partial charge on any atom is -0.241 e. The van der Waals surface area contributed by atoms with E-state index in [0.717, 1.165) is 23.5 Å². The first-order valence-corrected chi connectivity index (χ1v) is 8.01. The van der Waals surface area contributed by atoms with E-state index in [9.17, 15) is 0 Å². The number of aromatic nitrogens is 2. The largest absolute Gasteiger partial charge is 0.241 e. The van der Waals surface area contributed by atoms with Gasteiger partial charge in [0, 0.05) is 11.1 Å². The van der Waals surface area contributed by atoms with E-state index >= 15 is 0 Å². The monoisotopic (exact) mass is 268 g/mol. The summed E-state index contributed by atoms with van der Waals surface area (Å²) in [5.74, 6) is 0.860. The first kappa shape index (κ1) is 13.5. The first-order valence-electron chi connectivity index (χ1n) is 8.01. The average molecular weight is 268 g/mol. The van der Waals surface area contributed by atoms with Crippen molar-refractivity contribution in [1.29, 1.82) is 0 Å². The summed E-state index contributed by atoms with van der Waals surface area (Å²) in [5, 5.41) is 1.30. The van der Waals surface area contributed by atoms with Crippen LogP contribution in [0, 0.1) is 12.8 Å². The maximum absolute atomic E-state index is 4.49. The van der Waals surface area contributed by atoms with Crippen molar-refractivity contribution in [3.63, 3.8) is 0 Å². The normalized spacial score (nSPS) is 16.7. The Kier molecular flexibility index (Phi) is 4.00. The van der Waals surface area contributed by atoms with Crippen molar-refractivity contribution in [1.82, 2.24) is 9.97 Å². The van der Waals surface area contributed by atoms with Crippen molar-refractivity contribution >= 4 is 10.9 Å². The quantitative estimate of drug-likeness (QED) is 0.811. The Morgan fingerprint density at radius 2 is 1.90 bits per heavy atom. The van der Waals surface area contributed by atoms with Gasteiger partial charge in [-0.25, -0.2) is 9.97 Å². The maximum Gasteiger partial charge on any atom is 0.116 e. The number of aryl methyl sites for hydroxylation is 2. The minimum atomic E-state index is 0.860.